The summed E-state index contributed by atoms with van der Waals surface area (Å²) < 4.78 is 10.1. The first-order valence-corrected chi connectivity index (χ1v) is 11.0. The molecule has 3 aliphatic heterocycles. The van der Waals surface area contributed by atoms with Gasteiger partial charge >= 0.3 is 6.09 Å². The van der Waals surface area contributed by atoms with Crippen LogP contribution in [0.5, 0.6) is 0 Å². The number of aromatic nitrogens is 4. The van der Waals surface area contributed by atoms with Gasteiger partial charge in [-0.2, -0.15) is 0 Å². The lowest BCUT2D eigenvalue weighted by Crippen LogP contribution is -2.29. The molecule has 0 bridgehead atoms. The minimum atomic E-state index is -0.240. The number of carbonyl (C=O) groups is 1. The fourth-order valence-corrected chi connectivity index (χ4v) is 4.75. The van der Waals surface area contributed by atoms with Crippen LogP contribution in [0.1, 0.15) is 37.4 Å². The van der Waals surface area contributed by atoms with Gasteiger partial charge in [0.1, 0.15) is 12.3 Å². The number of carbonyl (C=O) groups excluding carboxylic acids is 1. The Morgan fingerprint density at radius 2 is 1.97 bits per heavy atom. The molecule has 4 heterocycles. The van der Waals surface area contributed by atoms with Crippen molar-refractivity contribution in [2.45, 2.75) is 39.3 Å². The molecular formula is C24H27N5O2. The summed E-state index contributed by atoms with van der Waals surface area (Å²) in [6.45, 7) is 6.85. The van der Waals surface area contributed by atoms with Crippen LogP contribution in [0.3, 0.4) is 0 Å². The molecular weight excluding hydrogens is 390 g/mol. The third-order valence-electron chi connectivity index (χ3n) is 6.42. The van der Waals surface area contributed by atoms with Gasteiger partial charge in [0.05, 0.1) is 11.9 Å². The van der Waals surface area contributed by atoms with Crippen LogP contribution < -0.4 is 0 Å². The molecule has 1 saturated heterocycles. The second-order valence-corrected chi connectivity index (χ2v) is 8.17. The Morgan fingerprint density at radius 1 is 1.13 bits per heavy atom. The van der Waals surface area contributed by atoms with Crippen LogP contribution in [0.15, 0.2) is 55.0 Å². The number of hydrogen-bond acceptors (Lipinski definition) is 4. The predicted molar refractivity (Wildman–Crippen MR) is 118 cm³/mol. The molecule has 1 aromatic carbocycles. The fourth-order valence-electron chi connectivity index (χ4n) is 4.75. The smallest absolute Gasteiger partial charge is 0.410 e. The van der Waals surface area contributed by atoms with Crippen LogP contribution in [-0.4, -0.2) is 43.0 Å². The molecule has 0 saturated carbocycles. The summed E-state index contributed by atoms with van der Waals surface area (Å²) in [7, 11) is 0. The fraction of sp³-hybridized carbons (Fsp3) is 0.375. The monoisotopic (exact) mass is 417 g/mol. The average Bonchev–Trinajstić information content (AvgIpc) is 3.53. The highest BCUT2D eigenvalue weighted by molar-refractivity contribution is 5.68. The van der Waals surface area contributed by atoms with Gasteiger partial charge in [-0.3, -0.25) is 4.40 Å². The van der Waals surface area contributed by atoms with Gasteiger partial charge in [-0.15, -0.1) is 0 Å². The molecule has 2 aromatic rings. The van der Waals surface area contributed by atoms with Gasteiger partial charge in [0.15, 0.2) is 5.82 Å². The SMILES string of the molecule is CC[C@@H]1CN(C(=O)OCc2ccccc2)C[C@@H]1c1cn(CC)c2cnc3nccc-3n12. The maximum Gasteiger partial charge on any atom is 0.410 e. The standard InChI is InChI=1S/C24H27N5O2/c1-3-18-13-28(24(30)31-16-17-8-6-5-7-9-17)14-19(18)21-15-27(4-2)22-12-26-23-20(29(21)22)10-11-25-23/h5-12,15,18-19H,3-4,13-14,16H2,1-2H3/t18-,19+/m1/s1. The molecule has 31 heavy (non-hydrogen) atoms. The third kappa shape index (κ3) is 3.44. The molecule has 0 spiro atoms. The van der Waals surface area contributed by atoms with Gasteiger partial charge in [0.25, 0.3) is 0 Å². The summed E-state index contributed by atoms with van der Waals surface area (Å²) in [5.74, 6) is 1.35. The van der Waals surface area contributed by atoms with Gasteiger partial charge in [0, 0.05) is 43.6 Å². The van der Waals surface area contributed by atoms with Gasteiger partial charge < -0.3 is 14.2 Å². The van der Waals surface area contributed by atoms with E-state index in [0.29, 0.717) is 25.6 Å². The first-order chi connectivity index (χ1) is 15.2. The van der Waals surface area contributed by atoms with Crippen LogP contribution in [0, 0.1) is 5.92 Å². The normalized spacial score (nSPS) is 18.8. The van der Waals surface area contributed by atoms with Crippen molar-refractivity contribution in [1.29, 1.82) is 0 Å². The lowest BCUT2D eigenvalue weighted by atomic mass is 9.91. The van der Waals surface area contributed by atoms with Crippen molar-refractivity contribution in [2.75, 3.05) is 13.1 Å². The second kappa shape index (κ2) is 8.06. The van der Waals surface area contributed by atoms with Crippen molar-refractivity contribution in [1.82, 2.24) is 23.8 Å². The molecule has 160 valence electrons. The van der Waals surface area contributed by atoms with Gasteiger partial charge in [-0.05, 0) is 24.5 Å². The number of imidazole rings is 1. The van der Waals surface area contributed by atoms with Crippen molar-refractivity contribution >= 4 is 11.7 Å². The van der Waals surface area contributed by atoms with E-state index >= 15 is 0 Å². The first-order valence-electron chi connectivity index (χ1n) is 11.0. The molecule has 7 nitrogen and oxygen atoms in total. The highest BCUT2D eigenvalue weighted by atomic mass is 16.6. The molecule has 0 N–H and O–H groups in total. The Labute approximate surface area is 181 Å². The van der Waals surface area contributed by atoms with E-state index in [1.807, 2.05) is 47.5 Å². The van der Waals surface area contributed by atoms with Crippen LogP contribution in [0.4, 0.5) is 4.79 Å². The van der Waals surface area contributed by atoms with Crippen molar-refractivity contribution in [2.24, 2.45) is 5.92 Å². The molecule has 1 amide bonds. The van der Waals surface area contributed by atoms with E-state index in [4.69, 9.17) is 4.74 Å². The summed E-state index contributed by atoms with van der Waals surface area (Å²) in [6.07, 6.45) is 6.67. The van der Waals surface area contributed by atoms with Crippen molar-refractivity contribution in [3.63, 3.8) is 0 Å². The molecule has 5 rings (SSSR count). The second-order valence-electron chi connectivity index (χ2n) is 8.17. The predicted octanol–water partition coefficient (Wildman–Crippen LogP) is 4.42. The van der Waals surface area contributed by atoms with Crippen LogP contribution in [-0.2, 0) is 17.9 Å². The van der Waals surface area contributed by atoms with Gasteiger partial charge in [-0.1, -0.05) is 43.7 Å². The number of rotatable bonds is 5. The van der Waals surface area contributed by atoms with Crippen molar-refractivity contribution < 1.29 is 9.53 Å². The lowest BCUT2D eigenvalue weighted by molar-refractivity contribution is 0.103. The van der Waals surface area contributed by atoms with E-state index in [1.165, 1.54) is 5.69 Å². The maximum atomic E-state index is 12.8. The number of amides is 1. The quantitative estimate of drug-likeness (QED) is 0.482. The number of likely N-dealkylation sites (tertiary alicyclic amines) is 1. The summed E-state index contributed by atoms with van der Waals surface area (Å²) in [5, 5.41) is 0. The van der Waals surface area contributed by atoms with Crippen molar-refractivity contribution in [3.05, 3.63) is 66.2 Å². The lowest BCUT2D eigenvalue weighted by Gasteiger charge is -2.17. The maximum absolute atomic E-state index is 12.8. The summed E-state index contributed by atoms with van der Waals surface area (Å²) >= 11 is 0. The Balaban J connectivity index is 1.43. The van der Waals surface area contributed by atoms with Crippen molar-refractivity contribution in [3.8, 4) is 11.5 Å². The molecule has 2 atom stereocenters. The molecule has 0 unspecified atom stereocenters. The van der Waals surface area contributed by atoms with E-state index < -0.39 is 0 Å². The number of nitrogens with zero attached hydrogens (tertiary/aromatic N) is 5. The highest BCUT2D eigenvalue weighted by Crippen LogP contribution is 2.37. The zero-order valence-electron chi connectivity index (χ0n) is 17.9. The first kappa shape index (κ1) is 19.6. The van der Waals surface area contributed by atoms with Crippen LogP contribution in [0.25, 0.3) is 17.2 Å². The number of benzene rings is 1. The molecule has 1 aromatic heterocycles. The zero-order valence-corrected chi connectivity index (χ0v) is 17.9. The third-order valence-corrected chi connectivity index (χ3v) is 6.42. The molecule has 3 aliphatic rings. The minimum Gasteiger partial charge on any atom is -0.445 e. The Hall–Kier alpha value is -3.35. The van der Waals surface area contributed by atoms with Gasteiger partial charge in [0.2, 0.25) is 0 Å². The summed E-state index contributed by atoms with van der Waals surface area (Å²) in [6, 6.07) is 11.8. The van der Waals surface area contributed by atoms with E-state index in [9.17, 15) is 4.79 Å². The van der Waals surface area contributed by atoms with E-state index in [0.717, 1.165) is 35.7 Å². The largest absolute Gasteiger partial charge is 0.445 e. The Kier molecular flexibility index (Phi) is 5.10. The van der Waals surface area contributed by atoms with E-state index in [-0.39, 0.29) is 12.0 Å². The zero-order chi connectivity index (χ0) is 21.4. The number of fused-ring (bicyclic) bond motifs is 3. The van der Waals surface area contributed by atoms with E-state index in [1.54, 1.807) is 6.20 Å². The van der Waals surface area contributed by atoms with Crippen LogP contribution in [0.2, 0.25) is 0 Å². The Bertz CT molecular complexity index is 1170. The van der Waals surface area contributed by atoms with E-state index in [2.05, 4.69) is 39.0 Å². The highest BCUT2D eigenvalue weighted by Gasteiger charge is 2.38. The Morgan fingerprint density at radius 3 is 2.74 bits per heavy atom. The summed E-state index contributed by atoms with van der Waals surface area (Å²) in [4.78, 5) is 23.6. The number of aryl methyl sites for hydroxylation is 1. The van der Waals surface area contributed by atoms with Gasteiger partial charge in [-0.25, -0.2) is 14.8 Å². The number of hydrogen-bond donors (Lipinski definition) is 0. The summed E-state index contributed by atoms with van der Waals surface area (Å²) in [5.41, 5.74) is 4.28. The molecule has 1 fully saturated rings. The molecule has 7 heteroatoms. The topological polar surface area (TPSA) is 64.7 Å². The number of ether oxygens (including phenoxy) is 1. The van der Waals surface area contributed by atoms with Crippen LogP contribution >= 0.6 is 0 Å². The molecule has 0 aliphatic carbocycles. The minimum absolute atomic E-state index is 0.232. The average molecular weight is 418 g/mol. The molecule has 0 radical (unpaired) electrons.